The molecule has 0 unspecified atom stereocenters. The van der Waals surface area contributed by atoms with Gasteiger partial charge >= 0.3 is 0 Å². The second kappa shape index (κ2) is 15.9. The van der Waals surface area contributed by atoms with E-state index >= 15 is 0 Å². The number of hydrogen-bond acceptors (Lipinski definition) is 0. The van der Waals surface area contributed by atoms with Crippen molar-refractivity contribution in [3.8, 4) is 23.7 Å². The van der Waals surface area contributed by atoms with Gasteiger partial charge in [-0.2, -0.15) is 0 Å². The number of benzene rings is 8. The van der Waals surface area contributed by atoms with Crippen LogP contribution in [0.5, 0.6) is 0 Å². The van der Waals surface area contributed by atoms with E-state index < -0.39 is 15.8 Å². The zero-order valence-electron chi connectivity index (χ0n) is 28.5. The van der Waals surface area contributed by atoms with Crippen LogP contribution in [0.4, 0.5) is 0 Å². The quantitative estimate of drug-likeness (QED) is 0.120. The first-order valence-corrected chi connectivity index (χ1v) is 20.1. The maximum atomic E-state index is 3.82. The maximum Gasteiger partial charge on any atom is 0.0418 e. The van der Waals surface area contributed by atoms with Gasteiger partial charge in [-0.25, -0.2) is 0 Å². The third-order valence-corrected chi connectivity index (χ3v) is 14.0. The Morgan fingerprint density at radius 3 is 1.15 bits per heavy atom. The van der Waals surface area contributed by atoms with Gasteiger partial charge in [0, 0.05) is 27.6 Å². The molecule has 0 radical (unpaired) electrons. The average molecular weight is 697 g/mol. The first kappa shape index (κ1) is 33.2. The van der Waals surface area contributed by atoms with E-state index in [9.17, 15) is 0 Å². The fourth-order valence-electron chi connectivity index (χ4n) is 6.44. The van der Waals surface area contributed by atoms with Gasteiger partial charge in [0.1, 0.15) is 0 Å². The molecule has 0 aliphatic rings. The molecular formula is C50H34P2. The monoisotopic (exact) mass is 696 g/mol. The average Bonchev–Trinajstić information content (AvgIpc) is 3.22. The molecule has 52 heavy (non-hydrogen) atoms. The van der Waals surface area contributed by atoms with Gasteiger partial charge in [0.15, 0.2) is 0 Å². The van der Waals surface area contributed by atoms with Gasteiger partial charge in [0.2, 0.25) is 0 Å². The van der Waals surface area contributed by atoms with E-state index in [4.69, 9.17) is 0 Å². The standard InChI is InChI=1S/C50H34P2/c1-7-19-39(20-8-1)31-32-41-33-35-42-38-49(51(43-23-11-3-12-24-43)44-25-13-4-14-26-44)50(47(48(42)37-41)36-34-40-21-9-2-10-22-40)52(45-27-15-5-16-28-45)46-29-17-6-18-30-46/h1-30,33,35,37-38H. The summed E-state index contributed by atoms with van der Waals surface area (Å²) < 4.78 is 0. The highest BCUT2D eigenvalue weighted by molar-refractivity contribution is 7.85. The van der Waals surface area contributed by atoms with Crippen LogP contribution in [0.1, 0.15) is 22.3 Å². The van der Waals surface area contributed by atoms with Crippen LogP contribution in [0.25, 0.3) is 10.8 Å². The molecule has 8 aromatic carbocycles. The van der Waals surface area contributed by atoms with Crippen molar-refractivity contribution in [1.82, 2.24) is 0 Å². The predicted molar refractivity (Wildman–Crippen MR) is 226 cm³/mol. The van der Waals surface area contributed by atoms with Crippen molar-refractivity contribution in [3.63, 3.8) is 0 Å². The van der Waals surface area contributed by atoms with Crippen LogP contribution in [-0.4, -0.2) is 0 Å². The predicted octanol–water partition coefficient (Wildman–Crippen LogP) is 9.16. The van der Waals surface area contributed by atoms with Gasteiger partial charge in [0.05, 0.1) is 0 Å². The molecular weight excluding hydrogens is 662 g/mol. The highest BCUT2D eigenvalue weighted by Gasteiger charge is 2.29. The van der Waals surface area contributed by atoms with Gasteiger partial charge in [-0.05, 0) is 95.6 Å². The lowest BCUT2D eigenvalue weighted by Gasteiger charge is -2.29. The van der Waals surface area contributed by atoms with Crippen LogP contribution in [-0.2, 0) is 0 Å². The fraction of sp³-hybridized carbons (Fsp3) is 0. The molecule has 8 aromatic rings. The van der Waals surface area contributed by atoms with Crippen molar-refractivity contribution in [2.45, 2.75) is 0 Å². The molecule has 8 rings (SSSR count). The molecule has 0 heterocycles. The smallest absolute Gasteiger partial charge is 0.0418 e. The van der Waals surface area contributed by atoms with Crippen molar-refractivity contribution >= 4 is 58.4 Å². The molecule has 0 aromatic heterocycles. The van der Waals surface area contributed by atoms with E-state index in [1.54, 1.807) is 0 Å². The second-order valence-corrected chi connectivity index (χ2v) is 16.6. The van der Waals surface area contributed by atoms with E-state index in [1.165, 1.54) is 31.8 Å². The summed E-state index contributed by atoms with van der Waals surface area (Å²) in [5.74, 6) is 14.3. The van der Waals surface area contributed by atoms with Crippen molar-refractivity contribution < 1.29 is 0 Å². The summed E-state index contributed by atoms with van der Waals surface area (Å²) in [5.41, 5.74) is 4.02. The largest absolute Gasteiger partial charge is 0.0622 e. The lowest BCUT2D eigenvalue weighted by Crippen LogP contribution is -2.36. The van der Waals surface area contributed by atoms with Gasteiger partial charge in [0.25, 0.3) is 0 Å². The molecule has 0 N–H and O–H groups in total. The third kappa shape index (κ3) is 7.38. The zero-order valence-corrected chi connectivity index (χ0v) is 30.3. The normalized spacial score (nSPS) is 10.7. The lowest BCUT2D eigenvalue weighted by atomic mass is 10.0. The van der Waals surface area contributed by atoms with Crippen LogP contribution >= 0.6 is 15.8 Å². The minimum Gasteiger partial charge on any atom is -0.0622 e. The Hall–Kier alpha value is -6.00. The molecule has 0 amide bonds. The van der Waals surface area contributed by atoms with E-state index in [-0.39, 0.29) is 0 Å². The lowest BCUT2D eigenvalue weighted by molar-refractivity contribution is 1.64. The Kier molecular flexibility index (Phi) is 10.1. The Labute approximate surface area is 309 Å². The van der Waals surface area contributed by atoms with Gasteiger partial charge in [-0.3, -0.25) is 0 Å². The first-order valence-electron chi connectivity index (χ1n) is 17.4. The SMILES string of the molecule is C(#Cc1ccc2cc(P(c3ccccc3)c3ccccc3)c(P(c3ccccc3)c3ccccc3)c(C#Cc3ccccc3)c2c1)c1ccccc1. The summed E-state index contributed by atoms with van der Waals surface area (Å²) in [6.45, 7) is 0. The molecule has 0 saturated carbocycles. The van der Waals surface area contributed by atoms with E-state index in [0.717, 1.165) is 33.0 Å². The Balaban J connectivity index is 1.50. The van der Waals surface area contributed by atoms with E-state index in [1.807, 2.05) is 24.3 Å². The highest BCUT2D eigenvalue weighted by Crippen LogP contribution is 2.42. The van der Waals surface area contributed by atoms with Crippen LogP contribution in [0.15, 0.2) is 206 Å². The summed E-state index contributed by atoms with van der Waals surface area (Å²) in [5, 5.41) is 10.1. The Morgan fingerprint density at radius 1 is 0.308 bits per heavy atom. The molecule has 244 valence electrons. The summed E-state index contributed by atoms with van der Waals surface area (Å²) in [6, 6.07) is 73.7. The van der Waals surface area contributed by atoms with E-state index in [0.29, 0.717) is 0 Å². The molecule has 0 nitrogen and oxygen atoms in total. The van der Waals surface area contributed by atoms with Crippen LogP contribution < -0.4 is 31.8 Å². The van der Waals surface area contributed by atoms with Crippen LogP contribution in [0.2, 0.25) is 0 Å². The minimum absolute atomic E-state index is 0.959. The molecule has 0 atom stereocenters. The Morgan fingerprint density at radius 2 is 0.692 bits per heavy atom. The molecule has 0 aliphatic heterocycles. The van der Waals surface area contributed by atoms with Crippen molar-refractivity contribution in [2.75, 3.05) is 0 Å². The Bertz CT molecular complexity index is 2470. The molecule has 0 saturated heterocycles. The van der Waals surface area contributed by atoms with Gasteiger partial charge in [-0.15, -0.1) is 0 Å². The maximum absolute atomic E-state index is 3.82. The van der Waals surface area contributed by atoms with E-state index in [2.05, 4.69) is 206 Å². The summed E-state index contributed by atoms with van der Waals surface area (Å²) in [7, 11) is -1.99. The molecule has 2 heteroatoms. The molecule has 0 fully saturated rings. The first-order chi connectivity index (χ1) is 25.8. The molecule has 0 spiro atoms. The summed E-state index contributed by atoms with van der Waals surface area (Å²) in [6.07, 6.45) is 0. The highest BCUT2D eigenvalue weighted by atomic mass is 31.1. The summed E-state index contributed by atoms with van der Waals surface area (Å²) in [4.78, 5) is 0. The van der Waals surface area contributed by atoms with Crippen molar-refractivity contribution in [2.24, 2.45) is 0 Å². The van der Waals surface area contributed by atoms with Gasteiger partial charge in [-0.1, -0.05) is 187 Å². The number of fused-ring (bicyclic) bond motifs is 1. The molecule has 0 bridgehead atoms. The summed E-state index contributed by atoms with van der Waals surface area (Å²) >= 11 is 0. The second-order valence-electron chi connectivity index (χ2n) is 12.3. The number of rotatable bonds is 6. The topological polar surface area (TPSA) is 0 Å². The zero-order chi connectivity index (χ0) is 35.0. The van der Waals surface area contributed by atoms with Crippen LogP contribution in [0.3, 0.4) is 0 Å². The third-order valence-electron chi connectivity index (χ3n) is 8.85. The van der Waals surface area contributed by atoms with Crippen molar-refractivity contribution in [3.05, 3.63) is 229 Å². The van der Waals surface area contributed by atoms with Crippen molar-refractivity contribution in [1.29, 1.82) is 0 Å². The fourth-order valence-corrected chi connectivity index (χ4v) is 11.9. The minimum atomic E-state index is -1.03. The van der Waals surface area contributed by atoms with Crippen LogP contribution in [0, 0.1) is 23.7 Å². The molecule has 0 aliphatic carbocycles. The van der Waals surface area contributed by atoms with Gasteiger partial charge < -0.3 is 0 Å². The number of hydrogen-bond donors (Lipinski definition) is 0.